The average molecular weight is 441 g/mol. The summed E-state index contributed by atoms with van der Waals surface area (Å²) in [6.07, 6.45) is 1.63. The second-order valence-electron chi connectivity index (χ2n) is 9.30. The zero-order chi connectivity index (χ0) is 22.3. The number of ketones is 1. The van der Waals surface area contributed by atoms with Gasteiger partial charge in [0.25, 0.3) is 5.91 Å². The van der Waals surface area contributed by atoms with Crippen LogP contribution < -0.4 is 5.32 Å². The molecule has 0 saturated carbocycles. The predicted octanol–water partition coefficient (Wildman–Crippen LogP) is 4.59. The second kappa shape index (κ2) is 8.11. The Kier molecular flexibility index (Phi) is 5.64. The third kappa shape index (κ3) is 4.66. The van der Waals surface area contributed by atoms with E-state index in [1.807, 2.05) is 45.9 Å². The van der Waals surface area contributed by atoms with Gasteiger partial charge in [-0.25, -0.2) is 4.79 Å². The Labute approximate surface area is 186 Å². The molecule has 0 bridgehead atoms. The van der Waals surface area contributed by atoms with E-state index in [0.717, 1.165) is 38.4 Å². The highest BCUT2D eigenvalue weighted by molar-refractivity contribution is 7.17. The van der Waals surface area contributed by atoms with Gasteiger partial charge in [-0.2, -0.15) is 0 Å². The van der Waals surface area contributed by atoms with Crippen LogP contribution in [0.5, 0.6) is 0 Å². The fraction of sp³-hybridized carbons (Fsp3) is 0.458. The zero-order valence-electron chi connectivity index (χ0n) is 18.4. The number of likely N-dealkylation sites (tertiary alicyclic amines) is 1. The van der Waals surface area contributed by atoms with Gasteiger partial charge in [0.15, 0.2) is 5.78 Å². The lowest BCUT2D eigenvalue weighted by atomic mass is 10.0. The fourth-order valence-corrected chi connectivity index (χ4v) is 5.26. The van der Waals surface area contributed by atoms with Crippen LogP contribution in [0.15, 0.2) is 24.3 Å². The topological polar surface area (TPSA) is 75.7 Å². The summed E-state index contributed by atoms with van der Waals surface area (Å²) in [4.78, 5) is 40.6. The van der Waals surface area contributed by atoms with Crippen LogP contribution in [0.4, 0.5) is 4.79 Å². The third-order valence-corrected chi connectivity index (χ3v) is 6.89. The SMILES string of the molecule is Cc1cc(-c2ccc3c(c2)CCC3=O)sc1C(=O)N1CC[C@H](NC(=O)OC(C)(C)C)C1. The lowest BCUT2D eigenvalue weighted by Crippen LogP contribution is -2.41. The van der Waals surface area contributed by atoms with Gasteiger partial charge in [0, 0.05) is 30.0 Å². The Balaban J connectivity index is 1.44. The maximum atomic E-state index is 13.2. The summed E-state index contributed by atoms with van der Waals surface area (Å²) in [5.74, 6) is 0.210. The summed E-state index contributed by atoms with van der Waals surface area (Å²) < 4.78 is 5.32. The molecule has 0 radical (unpaired) electrons. The Hall–Kier alpha value is -2.67. The lowest BCUT2D eigenvalue weighted by Gasteiger charge is -2.22. The van der Waals surface area contributed by atoms with Gasteiger partial charge in [-0.05, 0) is 69.4 Å². The van der Waals surface area contributed by atoms with Crippen LogP contribution in [0.25, 0.3) is 10.4 Å². The highest BCUT2D eigenvalue weighted by atomic mass is 32.1. The number of carbonyl (C=O) groups is 3. The Morgan fingerprint density at radius 3 is 2.71 bits per heavy atom. The van der Waals surface area contributed by atoms with Crippen molar-refractivity contribution in [3.63, 3.8) is 0 Å². The lowest BCUT2D eigenvalue weighted by molar-refractivity contribution is 0.0502. The van der Waals surface area contributed by atoms with E-state index < -0.39 is 11.7 Å². The van der Waals surface area contributed by atoms with Crippen LogP contribution in [0.3, 0.4) is 0 Å². The summed E-state index contributed by atoms with van der Waals surface area (Å²) in [7, 11) is 0. The van der Waals surface area contributed by atoms with Gasteiger partial charge in [-0.3, -0.25) is 9.59 Å². The van der Waals surface area contributed by atoms with Crippen LogP contribution in [0, 0.1) is 6.92 Å². The molecule has 2 heterocycles. The number of carbonyl (C=O) groups excluding carboxylic acids is 3. The number of thiophene rings is 1. The maximum Gasteiger partial charge on any atom is 0.407 e. The molecule has 2 aromatic rings. The Bertz CT molecular complexity index is 1050. The molecule has 1 aliphatic carbocycles. The van der Waals surface area contributed by atoms with E-state index in [1.54, 1.807) is 4.90 Å². The number of fused-ring (bicyclic) bond motifs is 1. The summed E-state index contributed by atoms with van der Waals surface area (Å²) in [6, 6.07) is 7.90. The summed E-state index contributed by atoms with van der Waals surface area (Å²) >= 11 is 1.49. The van der Waals surface area contributed by atoms with E-state index in [1.165, 1.54) is 11.3 Å². The zero-order valence-corrected chi connectivity index (χ0v) is 19.2. The molecule has 0 unspecified atom stereocenters. The summed E-state index contributed by atoms with van der Waals surface area (Å²) in [5, 5.41) is 2.87. The smallest absolute Gasteiger partial charge is 0.407 e. The molecule has 1 aromatic carbocycles. The van der Waals surface area contributed by atoms with Gasteiger partial charge in [0.2, 0.25) is 0 Å². The number of nitrogens with zero attached hydrogens (tertiary/aromatic N) is 1. The minimum Gasteiger partial charge on any atom is -0.444 e. The van der Waals surface area contributed by atoms with Crippen LogP contribution >= 0.6 is 11.3 Å². The van der Waals surface area contributed by atoms with Crippen LogP contribution in [0.1, 0.15) is 64.8 Å². The van der Waals surface area contributed by atoms with Gasteiger partial charge < -0.3 is 15.0 Å². The minimum atomic E-state index is -0.548. The number of alkyl carbamates (subject to hydrolysis) is 1. The van der Waals surface area contributed by atoms with Gasteiger partial charge in [0.1, 0.15) is 5.60 Å². The standard InChI is InChI=1S/C24H28N2O4S/c1-14-11-20(16-5-7-18-15(12-16)6-8-19(18)27)31-21(14)22(28)26-10-9-17(13-26)25-23(29)30-24(2,3)4/h5,7,11-12,17H,6,8-10,13H2,1-4H3,(H,25,29)/t17-/m0/s1. The average Bonchev–Trinajstić information content (AvgIpc) is 3.39. The first-order valence-corrected chi connectivity index (χ1v) is 11.5. The van der Waals surface area contributed by atoms with Crippen LogP contribution in [-0.2, 0) is 11.2 Å². The number of aryl methyl sites for hydroxylation is 2. The van der Waals surface area contributed by atoms with E-state index in [9.17, 15) is 14.4 Å². The largest absolute Gasteiger partial charge is 0.444 e. The van der Waals surface area contributed by atoms with Gasteiger partial charge in [-0.15, -0.1) is 11.3 Å². The number of hydrogen-bond acceptors (Lipinski definition) is 5. The molecule has 2 amide bonds. The van der Waals surface area contributed by atoms with Crippen molar-refractivity contribution in [2.75, 3.05) is 13.1 Å². The monoisotopic (exact) mass is 440 g/mol. The van der Waals surface area contributed by atoms with E-state index >= 15 is 0 Å². The van der Waals surface area contributed by atoms with E-state index in [0.29, 0.717) is 25.9 Å². The molecule has 4 rings (SSSR count). The molecule has 1 aromatic heterocycles. The number of rotatable bonds is 3. The molecule has 7 heteroatoms. The van der Waals surface area contributed by atoms with Gasteiger partial charge in [0.05, 0.1) is 10.9 Å². The van der Waals surface area contributed by atoms with Crippen molar-refractivity contribution in [3.05, 3.63) is 45.8 Å². The molecule has 6 nitrogen and oxygen atoms in total. The van der Waals surface area contributed by atoms with E-state index in [2.05, 4.69) is 11.4 Å². The van der Waals surface area contributed by atoms with Crippen LogP contribution in [0.2, 0.25) is 0 Å². The number of benzene rings is 1. The first-order valence-electron chi connectivity index (χ1n) is 10.7. The third-order valence-electron chi connectivity index (χ3n) is 5.62. The normalized spacial score (nSPS) is 18.3. The first-order chi connectivity index (χ1) is 14.6. The Morgan fingerprint density at radius 1 is 1.19 bits per heavy atom. The molecule has 164 valence electrons. The van der Waals surface area contributed by atoms with Crippen molar-refractivity contribution in [2.45, 2.75) is 58.6 Å². The quantitative estimate of drug-likeness (QED) is 0.757. The predicted molar refractivity (Wildman–Crippen MR) is 121 cm³/mol. The maximum absolute atomic E-state index is 13.2. The Morgan fingerprint density at radius 2 is 1.97 bits per heavy atom. The van der Waals surface area contributed by atoms with Gasteiger partial charge >= 0.3 is 6.09 Å². The van der Waals surface area contributed by atoms with Crippen molar-refractivity contribution in [1.29, 1.82) is 0 Å². The molecule has 1 atom stereocenters. The number of Topliss-reactive ketones (excluding diaryl/α,β-unsaturated/α-hetero) is 1. The molecule has 1 N–H and O–H groups in total. The number of hydrogen-bond donors (Lipinski definition) is 1. The van der Waals surface area contributed by atoms with Crippen molar-refractivity contribution in [3.8, 4) is 10.4 Å². The van der Waals surface area contributed by atoms with Crippen molar-refractivity contribution in [2.24, 2.45) is 0 Å². The minimum absolute atomic E-state index is 0.00132. The molecule has 0 spiro atoms. The van der Waals surface area contributed by atoms with Crippen molar-refractivity contribution in [1.82, 2.24) is 10.2 Å². The number of amides is 2. The first kappa shape index (κ1) is 21.6. The van der Waals surface area contributed by atoms with Crippen LogP contribution in [-0.4, -0.2) is 47.4 Å². The second-order valence-corrected chi connectivity index (χ2v) is 10.4. The molecule has 1 fully saturated rings. The highest BCUT2D eigenvalue weighted by Crippen LogP contribution is 2.35. The van der Waals surface area contributed by atoms with Crippen molar-refractivity contribution < 1.29 is 19.1 Å². The van der Waals surface area contributed by atoms with E-state index in [-0.39, 0.29) is 17.7 Å². The molecule has 1 aliphatic heterocycles. The molecular formula is C24H28N2O4S. The molecule has 1 saturated heterocycles. The molecular weight excluding hydrogens is 412 g/mol. The van der Waals surface area contributed by atoms with E-state index in [4.69, 9.17) is 4.74 Å². The van der Waals surface area contributed by atoms with Crippen molar-refractivity contribution >= 4 is 29.1 Å². The number of nitrogens with one attached hydrogen (secondary N) is 1. The summed E-state index contributed by atoms with van der Waals surface area (Å²) in [6.45, 7) is 8.52. The molecule has 2 aliphatic rings. The van der Waals surface area contributed by atoms with Gasteiger partial charge in [-0.1, -0.05) is 12.1 Å². The fourth-order valence-electron chi connectivity index (χ4n) is 4.13. The molecule has 31 heavy (non-hydrogen) atoms. The highest BCUT2D eigenvalue weighted by Gasteiger charge is 2.31. The summed E-state index contributed by atoms with van der Waals surface area (Å²) in [5.41, 5.74) is 3.37. The number of ether oxygens (including phenoxy) is 1.